The van der Waals surface area contributed by atoms with E-state index in [0.29, 0.717) is 18.1 Å². The Labute approximate surface area is 100.0 Å². The van der Waals surface area contributed by atoms with Crippen LogP contribution in [0.1, 0.15) is 18.4 Å². The summed E-state index contributed by atoms with van der Waals surface area (Å²) in [6.07, 6.45) is 2.32. The fraction of sp³-hybridized carbons (Fsp3) is 0.538. The fourth-order valence-electron chi connectivity index (χ4n) is 2.04. The molecule has 1 aliphatic heterocycles. The van der Waals surface area contributed by atoms with E-state index in [4.69, 9.17) is 4.74 Å². The number of hydrogen-bond donors (Lipinski definition) is 1. The van der Waals surface area contributed by atoms with Crippen LogP contribution in [-0.4, -0.2) is 19.7 Å². The van der Waals surface area contributed by atoms with Crippen molar-refractivity contribution < 1.29 is 13.5 Å². The molecule has 2 rings (SSSR count). The van der Waals surface area contributed by atoms with Gasteiger partial charge in [0.2, 0.25) is 0 Å². The van der Waals surface area contributed by atoms with E-state index in [9.17, 15) is 8.78 Å². The molecule has 17 heavy (non-hydrogen) atoms. The SMILES string of the molecule is Fc1ccc(COC[C@H]2CCCNC2)c(F)c1. The molecule has 94 valence electrons. The summed E-state index contributed by atoms with van der Waals surface area (Å²) in [5.74, 6) is -0.582. The minimum atomic E-state index is -0.553. The van der Waals surface area contributed by atoms with Crippen molar-refractivity contribution in [1.82, 2.24) is 5.32 Å². The Morgan fingerprint density at radius 3 is 2.94 bits per heavy atom. The van der Waals surface area contributed by atoms with Crippen molar-refractivity contribution in [3.05, 3.63) is 35.4 Å². The highest BCUT2D eigenvalue weighted by Gasteiger charge is 2.13. The van der Waals surface area contributed by atoms with Crippen LogP contribution in [-0.2, 0) is 11.3 Å². The Bertz CT molecular complexity index is 364. The topological polar surface area (TPSA) is 21.3 Å². The maximum absolute atomic E-state index is 13.3. The lowest BCUT2D eigenvalue weighted by molar-refractivity contribution is 0.0765. The molecule has 2 nitrogen and oxygen atoms in total. The number of ether oxygens (including phenoxy) is 1. The standard InChI is InChI=1S/C13H17F2NO/c14-12-4-3-11(13(15)6-12)9-17-8-10-2-1-5-16-7-10/h3-4,6,10,16H,1-2,5,7-9H2/t10-/m0/s1. The van der Waals surface area contributed by atoms with Gasteiger partial charge in [-0.3, -0.25) is 0 Å². The maximum atomic E-state index is 13.3. The van der Waals surface area contributed by atoms with E-state index in [1.54, 1.807) is 0 Å². The van der Waals surface area contributed by atoms with Gasteiger partial charge in [-0.2, -0.15) is 0 Å². The molecule has 0 aliphatic carbocycles. The van der Waals surface area contributed by atoms with Gasteiger partial charge >= 0.3 is 0 Å². The summed E-state index contributed by atoms with van der Waals surface area (Å²) in [6.45, 7) is 2.88. The highest BCUT2D eigenvalue weighted by Crippen LogP contribution is 2.13. The van der Waals surface area contributed by atoms with E-state index in [0.717, 1.165) is 25.6 Å². The quantitative estimate of drug-likeness (QED) is 0.874. The Morgan fingerprint density at radius 2 is 2.24 bits per heavy atom. The first-order valence-corrected chi connectivity index (χ1v) is 5.98. The van der Waals surface area contributed by atoms with Gasteiger partial charge in [0.15, 0.2) is 0 Å². The number of nitrogens with one attached hydrogen (secondary N) is 1. The summed E-state index contributed by atoms with van der Waals surface area (Å²) < 4.78 is 31.4. The highest BCUT2D eigenvalue weighted by atomic mass is 19.1. The molecule has 1 heterocycles. The van der Waals surface area contributed by atoms with Crippen LogP contribution in [0.2, 0.25) is 0 Å². The Balaban J connectivity index is 1.77. The molecule has 0 radical (unpaired) electrons. The minimum absolute atomic E-state index is 0.211. The summed E-state index contributed by atoms with van der Waals surface area (Å²) in [5, 5.41) is 3.30. The van der Waals surface area contributed by atoms with E-state index in [2.05, 4.69) is 5.32 Å². The molecule has 1 N–H and O–H groups in total. The van der Waals surface area contributed by atoms with Gasteiger partial charge in [0.25, 0.3) is 0 Å². The van der Waals surface area contributed by atoms with Gasteiger partial charge in [0.1, 0.15) is 11.6 Å². The molecule has 4 heteroatoms. The van der Waals surface area contributed by atoms with Crippen LogP contribution in [0.3, 0.4) is 0 Å². The van der Waals surface area contributed by atoms with Crippen molar-refractivity contribution in [2.24, 2.45) is 5.92 Å². The second kappa shape index (κ2) is 6.07. The molecule has 1 saturated heterocycles. The molecule has 1 aromatic carbocycles. The van der Waals surface area contributed by atoms with Gasteiger partial charge in [0, 0.05) is 18.2 Å². The number of halogens is 2. The molecule has 0 aromatic heterocycles. The van der Waals surface area contributed by atoms with E-state index in [1.807, 2.05) is 0 Å². The maximum Gasteiger partial charge on any atom is 0.131 e. The van der Waals surface area contributed by atoms with Gasteiger partial charge in [0.05, 0.1) is 13.2 Å². The van der Waals surface area contributed by atoms with E-state index >= 15 is 0 Å². The third-order valence-corrected chi connectivity index (χ3v) is 3.03. The zero-order chi connectivity index (χ0) is 12.1. The largest absolute Gasteiger partial charge is 0.376 e. The van der Waals surface area contributed by atoms with Crippen LogP contribution in [0.5, 0.6) is 0 Å². The third kappa shape index (κ3) is 3.75. The highest BCUT2D eigenvalue weighted by molar-refractivity contribution is 5.17. The zero-order valence-corrected chi connectivity index (χ0v) is 9.72. The monoisotopic (exact) mass is 241 g/mol. The summed E-state index contributed by atoms with van der Waals surface area (Å²) in [7, 11) is 0. The van der Waals surface area contributed by atoms with E-state index in [1.165, 1.54) is 18.6 Å². The minimum Gasteiger partial charge on any atom is -0.376 e. The lowest BCUT2D eigenvalue weighted by atomic mass is 10.0. The lowest BCUT2D eigenvalue weighted by Crippen LogP contribution is -2.32. The van der Waals surface area contributed by atoms with Crippen LogP contribution in [0.15, 0.2) is 18.2 Å². The Hall–Kier alpha value is -1.00. The van der Waals surface area contributed by atoms with E-state index < -0.39 is 11.6 Å². The molecule has 0 spiro atoms. The average Bonchev–Trinajstić information content (AvgIpc) is 2.33. The fourth-order valence-corrected chi connectivity index (χ4v) is 2.04. The van der Waals surface area contributed by atoms with Crippen molar-refractivity contribution in [1.29, 1.82) is 0 Å². The Morgan fingerprint density at radius 1 is 1.35 bits per heavy atom. The molecule has 1 aliphatic rings. The Kier molecular flexibility index (Phi) is 4.45. The molecule has 1 aromatic rings. The number of rotatable bonds is 4. The number of piperidine rings is 1. The molecule has 0 bridgehead atoms. The number of benzene rings is 1. The summed E-state index contributed by atoms with van der Waals surface area (Å²) in [5.41, 5.74) is 0.412. The molecule has 1 atom stereocenters. The van der Waals surface area contributed by atoms with Crippen molar-refractivity contribution in [2.45, 2.75) is 19.4 Å². The second-order valence-corrected chi connectivity index (χ2v) is 4.46. The molecule has 0 unspecified atom stereocenters. The van der Waals surface area contributed by atoms with E-state index in [-0.39, 0.29) is 6.61 Å². The van der Waals surface area contributed by atoms with Gasteiger partial charge in [-0.15, -0.1) is 0 Å². The molecule has 0 amide bonds. The van der Waals surface area contributed by atoms with Crippen molar-refractivity contribution in [3.63, 3.8) is 0 Å². The summed E-state index contributed by atoms with van der Waals surface area (Å²) in [4.78, 5) is 0. The van der Waals surface area contributed by atoms with Crippen LogP contribution >= 0.6 is 0 Å². The van der Waals surface area contributed by atoms with Crippen LogP contribution in [0, 0.1) is 17.6 Å². The normalized spacial score (nSPS) is 20.5. The van der Waals surface area contributed by atoms with Crippen LogP contribution < -0.4 is 5.32 Å². The predicted octanol–water partition coefficient (Wildman–Crippen LogP) is 2.48. The van der Waals surface area contributed by atoms with Gasteiger partial charge in [-0.25, -0.2) is 8.78 Å². The summed E-state index contributed by atoms with van der Waals surface area (Å²) in [6, 6.07) is 3.58. The zero-order valence-electron chi connectivity index (χ0n) is 9.72. The molecule has 0 saturated carbocycles. The smallest absolute Gasteiger partial charge is 0.131 e. The van der Waals surface area contributed by atoms with Crippen LogP contribution in [0.25, 0.3) is 0 Å². The van der Waals surface area contributed by atoms with Crippen molar-refractivity contribution in [2.75, 3.05) is 19.7 Å². The van der Waals surface area contributed by atoms with Crippen molar-refractivity contribution >= 4 is 0 Å². The molecule has 1 fully saturated rings. The average molecular weight is 241 g/mol. The first kappa shape index (κ1) is 12.5. The van der Waals surface area contributed by atoms with Gasteiger partial charge in [-0.1, -0.05) is 6.07 Å². The molecular formula is C13H17F2NO. The van der Waals surface area contributed by atoms with Gasteiger partial charge in [-0.05, 0) is 31.4 Å². The first-order chi connectivity index (χ1) is 8.25. The van der Waals surface area contributed by atoms with Gasteiger partial charge < -0.3 is 10.1 Å². The van der Waals surface area contributed by atoms with Crippen LogP contribution in [0.4, 0.5) is 8.78 Å². The third-order valence-electron chi connectivity index (χ3n) is 3.03. The number of hydrogen-bond acceptors (Lipinski definition) is 2. The summed E-state index contributed by atoms with van der Waals surface area (Å²) >= 11 is 0. The van der Waals surface area contributed by atoms with Crippen molar-refractivity contribution in [3.8, 4) is 0 Å². The predicted molar refractivity (Wildman–Crippen MR) is 61.6 cm³/mol. The second-order valence-electron chi connectivity index (χ2n) is 4.46. The lowest BCUT2D eigenvalue weighted by Gasteiger charge is -2.22. The molecular weight excluding hydrogens is 224 g/mol. The first-order valence-electron chi connectivity index (χ1n) is 5.98.